The molecule has 0 N–H and O–H groups in total. The van der Waals surface area contributed by atoms with E-state index in [9.17, 15) is 0 Å². The standard InChI is InChI=1S/C9H10Cl2/c1-7-2-8(5-10)4-9(3-7)6-11/h2-4H,5-6H2,1H3. The van der Waals surface area contributed by atoms with E-state index >= 15 is 0 Å². The highest BCUT2D eigenvalue weighted by Gasteiger charge is 1.95. The Morgan fingerprint density at radius 1 is 1.00 bits per heavy atom. The van der Waals surface area contributed by atoms with E-state index in [1.165, 1.54) is 5.56 Å². The minimum absolute atomic E-state index is 0.561. The minimum atomic E-state index is 0.561. The number of benzene rings is 1. The second-order valence-electron chi connectivity index (χ2n) is 2.59. The number of halogens is 2. The summed E-state index contributed by atoms with van der Waals surface area (Å²) in [5, 5.41) is 0. The summed E-state index contributed by atoms with van der Waals surface area (Å²) in [4.78, 5) is 0. The van der Waals surface area contributed by atoms with E-state index in [-0.39, 0.29) is 0 Å². The molecular weight excluding hydrogens is 179 g/mol. The maximum atomic E-state index is 5.68. The van der Waals surface area contributed by atoms with Crippen molar-refractivity contribution in [3.05, 3.63) is 34.9 Å². The molecule has 0 radical (unpaired) electrons. The normalized spacial score (nSPS) is 10.1. The average molecular weight is 189 g/mol. The fourth-order valence-electron chi connectivity index (χ4n) is 1.10. The smallest absolute Gasteiger partial charge is 0.0474 e. The van der Waals surface area contributed by atoms with Crippen LogP contribution in [0.5, 0.6) is 0 Å². The maximum absolute atomic E-state index is 5.68. The van der Waals surface area contributed by atoms with Gasteiger partial charge in [0.2, 0.25) is 0 Å². The molecule has 0 aliphatic rings. The summed E-state index contributed by atoms with van der Waals surface area (Å²) in [6.45, 7) is 2.05. The van der Waals surface area contributed by atoms with Crippen LogP contribution in [-0.2, 0) is 11.8 Å². The lowest BCUT2D eigenvalue weighted by atomic mass is 10.1. The number of hydrogen-bond donors (Lipinski definition) is 0. The summed E-state index contributed by atoms with van der Waals surface area (Å²) in [6, 6.07) is 6.18. The van der Waals surface area contributed by atoms with E-state index in [1.807, 2.05) is 13.0 Å². The molecule has 0 nitrogen and oxygen atoms in total. The van der Waals surface area contributed by atoms with Crippen LogP contribution in [0.2, 0.25) is 0 Å². The molecule has 2 heteroatoms. The van der Waals surface area contributed by atoms with Crippen molar-refractivity contribution >= 4 is 23.2 Å². The highest BCUT2D eigenvalue weighted by molar-refractivity contribution is 6.17. The zero-order valence-electron chi connectivity index (χ0n) is 6.40. The Morgan fingerprint density at radius 3 is 1.82 bits per heavy atom. The second kappa shape index (κ2) is 3.99. The predicted octanol–water partition coefficient (Wildman–Crippen LogP) is 3.47. The molecule has 0 unspecified atom stereocenters. The first-order valence-corrected chi connectivity index (χ1v) is 4.54. The number of hydrogen-bond acceptors (Lipinski definition) is 0. The van der Waals surface area contributed by atoms with Crippen LogP contribution in [-0.4, -0.2) is 0 Å². The van der Waals surface area contributed by atoms with Gasteiger partial charge >= 0.3 is 0 Å². The van der Waals surface area contributed by atoms with Gasteiger partial charge in [0.15, 0.2) is 0 Å². The predicted molar refractivity (Wildman–Crippen MR) is 50.3 cm³/mol. The number of rotatable bonds is 2. The molecule has 0 aliphatic heterocycles. The molecule has 0 atom stereocenters. The lowest BCUT2D eigenvalue weighted by Gasteiger charge is -2.01. The zero-order valence-corrected chi connectivity index (χ0v) is 7.91. The number of alkyl halides is 2. The molecule has 1 aromatic rings. The SMILES string of the molecule is Cc1cc(CCl)cc(CCl)c1. The van der Waals surface area contributed by atoms with Crippen molar-refractivity contribution in [2.45, 2.75) is 18.7 Å². The molecule has 0 fully saturated rings. The Bertz CT molecular complexity index is 221. The molecule has 0 aliphatic carbocycles. The summed E-state index contributed by atoms with van der Waals surface area (Å²) in [6.07, 6.45) is 0. The molecule has 0 heterocycles. The minimum Gasteiger partial charge on any atom is -0.122 e. The van der Waals surface area contributed by atoms with E-state index in [1.54, 1.807) is 0 Å². The molecule has 1 aromatic carbocycles. The molecule has 0 saturated heterocycles. The van der Waals surface area contributed by atoms with Gasteiger partial charge in [-0.25, -0.2) is 0 Å². The van der Waals surface area contributed by atoms with Crippen LogP contribution in [0.25, 0.3) is 0 Å². The fourth-order valence-corrected chi connectivity index (χ4v) is 1.41. The van der Waals surface area contributed by atoms with Crippen molar-refractivity contribution in [3.8, 4) is 0 Å². The summed E-state index contributed by atoms with van der Waals surface area (Å²) >= 11 is 11.4. The summed E-state index contributed by atoms with van der Waals surface area (Å²) in [7, 11) is 0. The average Bonchev–Trinajstić information content (AvgIpc) is 2.03. The molecular formula is C9H10Cl2. The summed E-state index contributed by atoms with van der Waals surface area (Å²) in [5.74, 6) is 1.12. The van der Waals surface area contributed by atoms with Crippen LogP contribution in [0.15, 0.2) is 18.2 Å². The molecule has 11 heavy (non-hydrogen) atoms. The fraction of sp³-hybridized carbons (Fsp3) is 0.333. The molecule has 0 amide bonds. The van der Waals surface area contributed by atoms with Gasteiger partial charge in [-0.1, -0.05) is 23.8 Å². The van der Waals surface area contributed by atoms with Crippen molar-refractivity contribution in [2.24, 2.45) is 0 Å². The van der Waals surface area contributed by atoms with Gasteiger partial charge in [-0.15, -0.1) is 23.2 Å². The van der Waals surface area contributed by atoms with Gasteiger partial charge in [0, 0.05) is 11.8 Å². The second-order valence-corrected chi connectivity index (χ2v) is 3.13. The zero-order chi connectivity index (χ0) is 8.27. The van der Waals surface area contributed by atoms with Crippen LogP contribution in [0.3, 0.4) is 0 Å². The van der Waals surface area contributed by atoms with Crippen LogP contribution in [0.1, 0.15) is 16.7 Å². The van der Waals surface area contributed by atoms with Gasteiger partial charge in [0.1, 0.15) is 0 Å². The Balaban J connectivity index is 3.02. The third kappa shape index (κ3) is 2.39. The Hall–Kier alpha value is -0.200. The molecule has 1 rings (SSSR count). The molecule has 0 aromatic heterocycles. The molecule has 0 spiro atoms. The van der Waals surface area contributed by atoms with E-state index in [2.05, 4.69) is 12.1 Å². The first kappa shape index (κ1) is 8.89. The van der Waals surface area contributed by atoms with Gasteiger partial charge in [0.25, 0.3) is 0 Å². The first-order valence-electron chi connectivity index (χ1n) is 3.47. The lowest BCUT2D eigenvalue weighted by Crippen LogP contribution is -1.85. The molecule has 0 saturated carbocycles. The quantitative estimate of drug-likeness (QED) is 0.625. The molecule has 60 valence electrons. The monoisotopic (exact) mass is 188 g/mol. The largest absolute Gasteiger partial charge is 0.122 e. The van der Waals surface area contributed by atoms with E-state index in [0.717, 1.165) is 11.1 Å². The third-order valence-electron chi connectivity index (χ3n) is 1.51. The summed E-state index contributed by atoms with van der Waals surface area (Å²) in [5.41, 5.74) is 3.50. The van der Waals surface area contributed by atoms with Crippen LogP contribution in [0.4, 0.5) is 0 Å². The highest BCUT2D eigenvalue weighted by atomic mass is 35.5. The van der Waals surface area contributed by atoms with Gasteiger partial charge in [-0.05, 0) is 18.1 Å². The summed E-state index contributed by atoms with van der Waals surface area (Å²) < 4.78 is 0. The van der Waals surface area contributed by atoms with Crippen molar-refractivity contribution in [1.82, 2.24) is 0 Å². The van der Waals surface area contributed by atoms with Crippen molar-refractivity contribution in [3.63, 3.8) is 0 Å². The van der Waals surface area contributed by atoms with Gasteiger partial charge in [-0.2, -0.15) is 0 Å². The van der Waals surface area contributed by atoms with Crippen molar-refractivity contribution in [2.75, 3.05) is 0 Å². The van der Waals surface area contributed by atoms with Gasteiger partial charge in [0.05, 0.1) is 0 Å². The lowest BCUT2D eigenvalue weighted by molar-refractivity contribution is 1.27. The Kier molecular flexibility index (Phi) is 3.22. The van der Waals surface area contributed by atoms with Crippen LogP contribution >= 0.6 is 23.2 Å². The number of aryl methyl sites for hydroxylation is 1. The van der Waals surface area contributed by atoms with E-state index in [4.69, 9.17) is 23.2 Å². The Labute approximate surface area is 77.1 Å². The third-order valence-corrected chi connectivity index (χ3v) is 2.12. The van der Waals surface area contributed by atoms with Gasteiger partial charge in [-0.3, -0.25) is 0 Å². The maximum Gasteiger partial charge on any atom is 0.0474 e. The van der Waals surface area contributed by atoms with Crippen molar-refractivity contribution in [1.29, 1.82) is 0 Å². The van der Waals surface area contributed by atoms with E-state index in [0.29, 0.717) is 11.8 Å². The van der Waals surface area contributed by atoms with Gasteiger partial charge < -0.3 is 0 Å². The topological polar surface area (TPSA) is 0 Å². The molecule has 0 bridgehead atoms. The highest BCUT2D eigenvalue weighted by Crippen LogP contribution is 2.13. The Morgan fingerprint density at radius 2 is 1.45 bits per heavy atom. The van der Waals surface area contributed by atoms with Crippen molar-refractivity contribution < 1.29 is 0 Å². The van der Waals surface area contributed by atoms with Crippen LogP contribution < -0.4 is 0 Å². The van der Waals surface area contributed by atoms with Crippen LogP contribution in [0, 0.1) is 6.92 Å². The first-order chi connectivity index (χ1) is 5.26. The van der Waals surface area contributed by atoms with E-state index < -0.39 is 0 Å².